The van der Waals surface area contributed by atoms with Gasteiger partial charge in [0.25, 0.3) is 0 Å². The maximum absolute atomic E-state index is 13.0. The zero-order valence-electron chi connectivity index (χ0n) is 21.0. The number of hydrogen-bond acceptors (Lipinski definition) is 7. The molecule has 0 spiro atoms. The fourth-order valence-corrected chi connectivity index (χ4v) is 7.95. The van der Waals surface area contributed by atoms with Crippen molar-refractivity contribution in [1.29, 1.82) is 0 Å². The van der Waals surface area contributed by atoms with Crippen molar-refractivity contribution < 1.29 is 22.7 Å². The summed E-state index contributed by atoms with van der Waals surface area (Å²) in [6, 6.07) is -0.0301. The lowest BCUT2D eigenvalue weighted by atomic mass is 9.73. The molecule has 11 heteroatoms. The van der Waals surface area contributed by atoms with Crippen molar-refractivity contribution in [2.75, 3.05) is 45.0 Å². The predicted molar refractivity (Wildman–Crippen MR) is 128 cm³/mol. The number of hydrogen-bond donors (Lipinski definition) is 1. The van der Waals surface area contributed by atoms with Crippen LogP contribution in [0.3, 0.4) is 0 Å². The lowest BCUT2D eigenvalue weighted by Gasteiger charge is -2.54. The van der Waals surface area contributed by atoms with Gasteiger partial charge in [0.2, 0.25) is 15.9 Å². The van der Waals surface area contributed by atoms with Crippen LogP contribution < -0.4 is 5.43 Å². The number of carbonyl (C=O) groups excluding carboxylic acids is 2. The number of sulfonamides is 1. The Morgan fingerprint density at radius 1 is 1.09 bits per heavy atom. The Balaban J connectivity index is 1.39. The van der Waals surface area contributed by atoms with E-state index in [0.717, 1.165) is 32.4 Å². The average molecular weight is 500 g/mol. The van der Waals surface area contributed by atoms with E-state index in [9.17, 15) is 18.0 Å². The molecular formula is C23H41N5O5S. The van der Waals surface area contributed by atoms with Gasteiger partial charge in [-0.2, -0.15) is 0 Å². The second kappa shape index (κ2) is 10.3. The van der Waals surface area contributed by atoms with Gasteiger partial charge in [-0.3, -0.25) is 10.2 Å². The minimum absolute atomic E-state index is 0.0273. The summed E-state index contributed by atoms with van der Waals surface area (Å²) < 4.78 is 31.3. The highest BCUT2D eigenvalue weighted by Crippen LogP contribution is 2.39. The molecule has 0 radical (unpaired) electrons. The summed E-state index contributed by atoms with van der Waals surface area (Å²) in [5.41, 5.74) is 3.46. The lowest BCUT2D eigenvalue weighted by Crippen LogP contribution is -2.67. The Labute approximate surface area is 204 Å². The van der Waals surface area contributed by atoms with Crippen LogP contribution in [-0.4, -0.2) is 109 Å². The zero-order valence-corrected chi connectivity index (χ0v) is 21.8. The third-order valence-electron chi connectivity index (χ3n) is 7.97. The van der Waals surface area contributed by atoms with Crippen molar-refractivity contribution in [3.05, 3.63) is 0 Å². The summed E-state index contributed by atoms with van der Waals surface area (Å²) >= 11 is 0. The predicted octanol–water partition coefficient (Wildman–Crippen LogP) is 1.09. The van der Waals surface area contributed by atoms with Gasteiger partial charge in [0, 0.05) is 52.2 Å². The lowest BCUT2D eigenvalue weighted by molar-refractivity contribution is -0.142. The van der Waals surface area contributed by atoms with Crippen LogP contribution in [0.15, 0.2) is 0 Å². The summed E-state index contributed by atoms with van der Waals surface area (Å²) in [6.07, 6.45) is 3.01. The third kappa shape index (κ3) is 5.37. The van der Waals surface area contributed by atoms with Crippen LogP contribution in [0.4, 0.5) is 4.79 Å². The molecule has 4 rings (SSSR count). The highest BCUT2D eigenvalue weighted by atomic mass is 32.2. The first kappa shape index (κ1) is 25.7. The van der Waals surface area contributed by atoms with Crippen molar-refractivity contribution in [3.8, 4) is 0 Å². The van der Waals surface area contributed by atoms with Crippen molar-refractivity contribution in [2.45, 2.75) is 77.6 Å². The number of amides is 2. The van der Waals surface area contributed by atoms with E-state index in [2.05, 4.69) is 10.4 Å². The van der Waals surface area contributed by atoms with Gasteiger partial charge in [-0.1, -0.05) is 0 Å². The Kier molecular flexibility index (Phi) is 7.76. The molecule has 1 saturated carbocycles. The van der Waals surface area contributed by atoms with Gasteiger partial charge in [0.05, 0.1) is 23.9 Å². The maximum atomic E-state index is 13.0. The SMILES string of the molecule is CC(=O)N1C2CCC(C3CNN(CCN4CCCS4(=O)=O)C3)CC2N(C(=O)OC(C)C)C[C@@H]1C. The zero-order chi connectivity index (χ0) is 24.6. The van der Waals surface area contributed by atoms with Gasteiger partial charge in [-0.05, 0) is 58.3 Å². The number of carbonyl (C=O) groups is 2. The van der Waals surface area contributed by atoms with Gasteiger partial charge < -0.3 is 14.5 Å². The maximum Gasteiger partial charge on any atom is 0.410 e. The van der Waals surface area contributed by atoms with Crippen LogP contribution in [0.1, 0.15) is 53.4 Å². The summed E-state index contributed by atoms with van der Waals surface area (Å²) in [7, 11) is -3.07. The summed E-state index contributed by atoms with van der Waals surface area (Å²) in [5.74, 6) is 1.21. The standard InChI is InChI=1S/C23H41N5O5S/c1-16(2)33-23(30)27-14-17(3)28(18(4)29)21-7-6-19(12-22(21)27)20-13-24-25(15-20)9-10-26-8-5-11-34(26,31)32/h16-17,19-22,24H,5-15H2,1-4H3/t17-,19?,20?,21?,22?/m0/s1. The second-order valence-electron chi connectivity index (χ2n) is 10.7. The Bertz CT molecular complexity index is 868. The van der Waals surface area contributed by atoms with E-state index < -0.39 is 10.0 Å². The van der Waals surface area contributed by atoms with E-state index in [4.69, 9.17) is 4.74 Å². The Morgan fingerprint density at radius 2 is 1.85 bits per heavy atom. The monoisotopic (exact) mass is 499 g/mol. The number of rotatable bonds is 5. The molecule has 194 valence electrons. The van der Waals surface area contributed by atoms with Crippen LogP contribution >= 0.6 is 0 Å². The molecule has 1 N–H and O–H groups in total. The largest absolute Gasteiger partial charge is 0.447 e. The topological polar surface area (TPSA) is 103 Å². The molecule has 4 unspecified atom stereocenters. The summed E-state index contributed by atoms with van der Waals surface area (Å²) in [6.45, 7) is 11.4. The number of nitrogens with zero attached hydrogens (tertiary/aromatic N) is 4. The van der Waals surface area contributed by atoms with Gasteiger partial charge in [0.1, 0.15) is 0 Å². The molecule has 3 aliphatic heterocycles. The van der Waals surface area contributed by atoms with E-state index in [1.165, 1.54) is 0 Å². The van der Waals surface area contributed by atoms with Crippen molar-refractivity contribution in [3.63, 3.8) is 0 Å². The van der Waals surface area contributed by atoms with E-state index in [1.54, 1.807) is 11.2 Å². The smallest absolute Gasteiger partial charge is 0.410 e. The first-order valence-corrected chi connectivity index (χ1v) is 14.4. The number of nitrogens with one attached hydrogen (secondary N) is 1. The first-order chi connectivity index (χ1) is 16.1. The third-order valence-corrected chi connectivity index (χ3v) is 9.93. The average Bonchev–Trinajstić information content (AvgIpc) is 3.36. The number of fused-ring (bicyclic) bond motifs is 1. The number of ether oxygens (including phenoxy) is 1. The molecule has 1 aliphatic carbocycles. The molecule has 34 heavy (non-hydrogen) atoms. The van der Waals surface area contributed by atoms with Gasteiger partial charge in [-0.15, -0.1) is 0 Å². The van der Waals surface area contributed by atoms with Gasteiger partial charge in [0.15, 0.2) is 0 Å². The highest BCUT2D eigenvalue weighted by molar-refractivity contribution is 7.89. The highest BCUT2D eigenvalue weighted by Gasteiger charge is 2.48. The fraction of sp³-hybridized carbons (Fsp3) is 0.913. The van der Waals surface area contributed by atoms with E-state index in [-0.39, 0.29) is 42.0 Å². The minimum atomic E-state index is -3.07. The molecule has 0 aromatic rings. The van der Waals surface area contributed by atoms with Crippen LogP contribution in [0.25, 0.3) is 0 Å². The van der Waals surface area contributed by atoms with Gasteiger partial charge in [-0.25, -0.2) is 22.5 Å². The van der Waals surface area contributed by atoms with Crippen molar-refractivity contribution >= 4 is 22.0 Å². The van der Waals surface area contributed by atoms with Crippen molar-refractivity contribution in [2.24, 2.45) is 11.8 Å². The van der Waals surface area contributed by atoms with Crippen LogP contribution in [0, 0.1) is 11.8 Å². The molecule has 4 aliphatic rings. The molecule has 3 saturated heterocycles. The number of piperazine rings is 1. The van der Waals surface area contributed by atoms with Gasteiger partial charge >= 0.3 is 6.09 Å². The van der Waals surface area contributed by atoms with Crippen molar-refractivity contribution in [1.82, 2.24) is 24.5 Å². The van der Waals surface area contributed by atoms with E-state index >= 15 is 0 Å². The second-order valence-corrected chi connectivity index (χ2v) is 12.8. The molecule has 0 aromatic heterocycles. The van der Waals surface area contributed by atoms with Crippen LogP contribution in [0.2, 0.25) is 0 Å². The first-order valence-electron chi connectivity index (χ1n) is 12.8. The minimum Gasteiger partial charge on any atom is -0.447 e. The Hall–Kier alpha value is -1.43. The fourth-order valence-electron chi connectivity index (χ4n) is 6.43. The van der Waals surface area contributed by atoms with Crippen LogP contribution in [-0.2, 0) is 19.6 Å². The molecule has 4 fully saturated rings. The molecular weight excluding hydrogens is 458 g/mol. The van der Waals surface area contributed by atoms with E-state index in [1.807, 2.05) is 30.6 Å². The molecule has 3 heterocycles. The molecule has 0 bridgehead atoms. The summed E-state index contributed by atoms with van der Waals surface area (Å²) in [5, 5.41) is 2.15. The number of hydrazine groups is 1. The molecule has 2 amide bonds. The Morgan fingerprint density at radius 3 is 2.50 bits per heavy atom. The summed E-state index contributed by atoms with van der Waals surface area (Å²) in [4.78, 5) is 29.3. The quantitative estimate of drug-likeness (QED) is 0.604. The normalized spacial score (nSPS) is 34.4. The molecule has 5 atom stereocenters. The van der Waals surface area contributed by atoms with Crippen LogP contribution in [0.5, 0.6) is 0 Å². The molecule has 10 nitrogen and oxygen atoms in total. The molecule has 0 aromatic carbocycles. The van der Waals surface area contributed by atoms with E-state index in [0.29, 0.717) is 44.4 Å².